The van der Waals surface area contributed by atoms with Gasteiger partial charge < -0.3 is 4.74 Å². The van der Waals surface area contributed by atoms with Gasteiger partial charge in [0.15, 0.2) is 0 Å². The summed E-state index contributed by atoms with van der Waals surface area (Å²) in [6.07, 6.45) is 3.03. The lowest BCUT2D eigenvalue weighted by molar-refractivity contribution is -0.0679. The van der Waals surface area contributed by atoms with Gasteiger partial charge in [-0.25, -0.2) is 13.1 Å². The number of hydrogen-bond acceptors (Lipinski definition) is 4. The van der Waals surface area contributed by atoms with Crippen molar-refractivity contribution in [2.24, 2.45) is 0 Å². The number of rotatable bonds is 8. The van der Waals surface area contributed by atoms with Crippen LogP contribution in [0.1, 0.15) is 40.0 Å². The maximum Gasteiger partial charge on any atom is 0.211 e. The molecule has 1 heterocycles. The molecule has 0 aliphatic carbocycles. The largest absolute Gasteiger partial charge is 0.373 e. The average Bonchev–Trinajstić information content (AvgIpc) is 2.31. The molecule has 0 saturated carbocycles. The Bertz CT molecular complexity index is 336. The van der Waals surface area contributed by atoms with Crippen molar-refractivity contribution in [2.45, 2.75) is 52.2 Å². The van der Waals surface area contributed by atoms with Crippen molar-refractivity contribution in [1.82, 2.24) is 9.62 Å². The molecule has 19 heavy (non-hydrogen) atoms. The van der Waals surface area contributed by atoms with Crippen LogP contribution in [-0.4, -0.2) is 57.5 Å². The molecule has 0 aromatic heterocycles. The Morgan fingerprint density at radius 3 is 2.42 bits per heavy atom. The standard InChI is InChI=1S/C13H28N2O3S/c1-4-5-9-19(16,17)14-7-6-8-15-10-12(2)18-13(3)11-15/h12-14H,4-11H2,1-3H3. The van der Waals surface area contributed by atoms with Crippen molar-refractivity contribution in [3.05, 3.63) is 0 Å². The lowest BCUT2D eigenvalue weighted by Crippen LogP contribution is -2.46. The van der Waals surface area contributed by atoms with Gasteiger partial charge in [0.25, 0.3) is 0 Å². The summed E-state index contributed by atoms with van der Waals surface area (Å²) < 4.78 is 31.5. The van der Waals surface area contributed by atoms with Crippen LogP contribution < -0.4 is 4.72 Å². The van der Waals surface area contributed by atoms with Gasteiger partial charge in [-0.3, -0.25) is 4.90 Å². The number of sulfonamides is 1. The van der Waals surface area contributed by atoms with E-state index in [9.17, 15) is 8.42 Å². The van der Waals surface area contributed by atoms with Gasteiger partial charge in [-0.2, -0.15) is 0 Å². The number of nitrogens with one attached hydrogen (secondary N) is 1. The van der Waals surface area contributed by atoms with Gasteiger partial charge in [0, 0.05) is 19.6 Å². The molecule has 2 unspecified atom stereocenters. The van der Waals surface area contributed by atoms with E-state index in [0.29, 0.717) is 6.54 Å². The molecule has 5 nitrogen and oxygen atoms in total. The van der Waals surface area contributed by atoms with Gasteiger partial charge in [0.05, 0.1) is 18.0 Å². The van der Waals surface area contributed by atoms with Crippen LogP contribution in [0.4, 0.5) is 0 Å². The van der Waals surface area contributed by atoms with Gasteiger partial charge in [-0.1, -0.05) is 13.3 Å². The molecule has 0 aromatic carbocycles. The van der Waals surface area contributed by atoms with E-state index in [1.807, 2.05) is 6.92 Å². The maximum absolute atomic E-state index is 11.6. The normalized spacial score (nSPS) is 25.6. The lowest BCUT2D eigenvalue weighted by Gasteiger charge is -2.35. The van der Waals surface area contributed by atoms with E-state index >= 15 is 0 Å². The van der Waals surface area contributed by atoms with Crippen molar-refractivity contribution in [3.63, 3.8) is 0 Å². The Balaban J connectivity index is 2.16. The number of unbranched alkanes of at least 4 members (excludes halogenated alkanes) is 1. The molecule has 6 heteroatoms. The minimum absolute atomic E-state index is 0.245. The first kappa shape index (κ1) is 16.9. The molecule has 0 amide bonds. The van der Waals surface area contributed by atoms with Crippen molar-refractivity contribution in [3.8, 4) is 0 Å². The first-order valence-electron chi connectivity index (χ1n) is 7.28. The summed E-state index contributed by atoms with van der Waals surface area (Å²) in [6.45, 7) is 9.49. The quantitative estimate of drug-likeness (QED) is 0.683. The molecule has 0 radical (unpaired) electrons. The molecule has 1 aliphatic heterocycles. The third-order valence-electron chi connectivity index (χ3n) is 3.23. The summed E-state index contributed by atoms with van der Waals surface area (Å²) in [6, 6.07) is 0. The first-order chi connectivity index (χ1) is 8.93. The molecule has 0 aromatic rings. The number of morpholine rings is 1. The fourth-order valence-corrected chi connectivity index (χ4v) is 3.67. The summed E-state index contributed by atoms with van der Waals surface area (Å²) in [5.41, 5.74) is 0. The van der Waals surface area contributed by atoms with Gasteiger partial charge in [0.1, 0.15) is 0 Å². The zero-order chi connectivity index (χ0) is 14.3. The Morgan fingerprint density at radius 1 is 1.21 bits per heavy atom. The second kappa shape index (κ2) is 8.19. The van der Waals surface area contributed by atoms with Crippen LogP contribution in [0.25, 0.3) is 0 Å². The molecule has 2 atom stereocenters. The predicted octanol–water partition coefficient (Wildman–Crippen LogP) is 1.21. The second-order valence-corrected chi connectivity index (χ2v) is 7.36. The summed E-state index contributed by atoms with van der Waals surface area (Å²) in [7, 11) is -3.06. The minimum atomic E-state index is -3.06. The van der Waals surface area contributed by atoms with Crippen LogP contribution in [0.3, 0.4) is 0 Å². The Labute approximate surface area is 117 Å². The van der Waals surface area contributed by atoms with Crippen LogP contribution in [0, 0.1) is 0 Å². The van der Waals surface area contributed by atoms with Gasteiger partial charge in [-0.05, 0) is 33.2 Å². The molecule has 1 rings (SSSR count). The Hall–Kier alpha value is -0.170. The highest BCUT2D eigenvalue weighted by molar-refractivity contribution is 7.89. The molecule has 0 spiro atoms. The van der Waals surface area contributed by atoms with Crippen molar-refractivity contribution in [2.75, 3.05) is 31.9 Å². The molecule has 0 bridgehead atoms. The molecule has 1 N–H and O–H groups in total. The van der Waals surface area contributed by atoms with Crippen molar-refractivity contribution in [1.29, 1.82) is 0 Å². The summed E-state index contributed by atoms with van der Waals surface area (Å²) in [5, 5.41) is 0. The molecule has 114 valence electrons. The highest BCUT2D eigenvalue weighted by Gasteiger charge is 2.21. The van der Waals surface area contributed by atoms with E-state index in [1.165, 1.54) is 0 Å². The number of hydrogen-bond donors (Lipinski definition) is 1. The predicted molar refractivity (Wildman–Crippen MR) is 77.8 cm³/mol. The summed E-state index contributed by atoms with van der Waals surface area (Å²) in [5.74, 6) is 0.245. The Morgan fingerprint density at radius 2 is 1.84 bits per heavy atom. The van der Waals surface area contributed by atoms with Gasteiger partial charge >= 0.3 is 0 Å². The molecular weight excluding hydrogens is 264 g/mol. The number of ether oxygens (including phenoxy) is 1. The Kier molecular flexibility index (Phi) is 7.28. The summed E-state index contributed by atoms with van der Waals surface area (Å²) >= 11 is 0. The zero-order valence-corrected chi connectivity index (χ0v) is 13.2. The third kappa shape index (κ3) is 7.25. The van der Waals surface area contributed by atoms with Crippen LogP contribution in [0.2, 0.25) is 0 Å². The minimum Gasteiger partial charge on any atom is -0.373 e. The zero-order valence-electron chi connectivity index (χ0n) is 12.4. The van der Waals surface area contributed by atoms with Crippen molar-refractivity contribution < 1.29 is 13.2 Å². The lowest BCUT2D eigenvalue weighted by atomic mass is 10.2. The highest BCUT2D eigenvalue weighted by Crippen LogP contribution is 2.10. The monoisotopic (exact) mass is 292 g/mol. The van der Waals surface area contributed by atoms with E-state index in [1.54, 1.807) is 0 Å². The topological polar surface area (TPSA) is 58.6 Å². The molecule has 1 fully saturated rings. The fourth-order valence-electron chi connectivity index (χ4n) is 2.40. The van der Waals surface area contributed by atoms with E-state index in [2.05, 4.69) is 23.5 Å². The molecule has 1 aliphatic rings. The van der Waals surface area contributed by atoms with Crippen molar-refractivity contribution >= 4 is 10.0 Å². The van der Waals surface area contributed by atoms with Gasteiger partial charge in [0.2, 0.25) is 10.0 Å². The van der Waals surface area contributed by atoms with Crippen LogP contribution >= 0.6 is 0 Å². The van der Waals surface area contributed by atoms with E-state index < -0.39 is 10.0 Å². The van der Waals surface area contributed by atoms with Gasteiger partial charge in [-0.15, -0.1) is 0 Å². The average molecular weight is 292 g/mol. The maximum atomic E-state index is 11.6. The smallest absolute Gasteiger partial charge is 0.211 e. The van der Waals surface area contributed by atoms with E-state index in [4.69, 9.17) is 4.74 Å². The van der Waals surface area contributed by atoms with Crippen LogP contribution in [0.15, 0.2) is 0 Å². The first-order valence-corrected chi connectivity index (χ1v) is 8.93. The number of nitrogens with zero attached hydrogens (tertiary/aromatic N) is 1. The highest BCUT2D eigenvalue weighted by atomic mass is 32.2. The fraction of sp³-hybridized carbons (Fsp3) is 1.00. The third-order valence-corrected chi connectivity index (χ3v) is 4.71. The molecular formula is C13H28N2O3S. The summed E-state index contributed by atoms with van der Waals surface area (Å²) in [4.78, 5) is 2.35. The van der Waals surface area contributed by atoms with E-state index in [-0.39, 0.29) is 18.0 Å². The van der Waals surface area contributed by atoms with Crippen LogP contribution in [-0.2, 0) is 14.8 Å². The SMILES string of the molecule is CCCCS(=O)(=O)NCCCN1CC(C)OC(C)C1. The van der Waals surface area contributed by atoms with E-state index in [0.717, 1.165) is 38.9 Å². The second-order valence-electron chi connectivity index (χ2n) is 5.44. The molecule has 1 saturated heterocycles. The van der Waals surface area contributed by atoms with Crippen LogP contribution in [0.5, 0.6) is 0 Å².